The lowest BCUT2D eigenvalue weighted by Gasteiger charge is -2.21. The molecule has 0 amide bonds. The summed E-state index contributed by atoms with van der Waals surface area (Å²) in [6.45, 7) is 4.14. The highest BCUT2D eigenvalue weighted by molar-refractivity contribution is 5.52. The molecule has 4 heteroatoms. The van der Waals surface area contributed by atoms with Gasteiger partial charge in [0.25, 0.3) is 0 Å². The van der Waals surface area contributed by atoms with Crippen LogP contribution in [0.5, 0.6) is 23.0 Å². The Balaban J connectivity index is 2.18. The molecule has 0 atom stereocenters. The van der Waals surface area contributed by atoms with Crippen molar-refractivity contribution >= 4 is 0 Å². The Morgan fingerprint density at radius 3 is 1.38 bits per heavy atom. The zero-order chi connectivity index (χ0) is 21.0. The second kappa shape index (κ2) is 8.91. The summed E-state index contributed by atoms with van der Waals surface area (Å²) in [5.41, 5.74) is 4.53. The van der Waals surface area contributed by atoms with E-state index in [-0.39, 0.29) is 28.9 Å². The highest BCUT2D eigenvalue weighted by Crippen LogP contribution is 2.39. The summed E-state index contributed by atoms with van der Waals surface area (Å²) in [7, 11) is 0. The average molecular weight is 392 g/mol. The van der Waals surface area contributed by atoms with Gasteiger partial charge in [0.2, 0.25) is 0 Å². The third-order valence-electron chi connectivity index (χ3n) is 5.25. The fourth-order valence-corrected chi connectivity index (χ4v) is 3.81. The second-order valence-corrected chi connectivity index (χ2v) is 7.46. The van der Waals surface area contributed by atoms with Crippen molar-refractivity contribution in [3.05, 3.63) is 82.4 Å². The molecular formula is C25H28O4. The third kappa shape index (κ3) is 4.48. The molecule has 29 heavy (non-hydrogen) atoms. The van der Waals surface area contributed by atoms with Crippen LogP contribution < -0.4 is 0 Å². The number of aryl methyl sites for hydroxylation is 2. The second-order valence-electron chi connectivity index (χ2n) is 7.46. The molecule has 0 saturated heterocycles. The molecule has 0 unspecified atom stereocenters. The predicted molar refractivity (Wildman–Crippen MR) is 115 cm³/mol. The quantitative estimate of drug-likeness (QED) is 0.312. The summed E-state index contributed by atoms with van der Waals surface area (Å²) in [5.74, 6) is 0.00403. The molecule has 0 aliphatic rings. The Morgan fingerprint density at radius 1 is 0.552 bits per heavy atom. The molecule has 3 rings (SSSR count). The van der Waals surface area contributed by atoms with Gasteiger partial charge in [-0.3, -0.25) is 0 Å². The summed E-state index contributed by atoms with van der Waals surface area (Å²) >= 11 is 0. The zero-order valence-electron chi connectivity index (χ0n) is 16.9. The van der Waals surface area contributed by atoms with Crippen LogP contribution in [0.1, 0.15) is 60.4 Å². The van der Waals surface area contributed by atoms with Crippen LogP contribution in [-0.2, 0) is 12.8 Å². The van der Waals surface area contributed by atoms with Gasteiger partial charge in [-0.15, -0.1) is 0 Å². The summed E-state index contributed by atoms with van der Waals surface area (Å²) in [6, 6.07) is 16.0. The van der Waals surface area contributed by atoms with Crippen molar-refractivity contribution in [1.29, 1.82) is 0 Å². The molecule has 4 nitrogen and oxygen atoms in total. The summed E-state index contributed by atoms with van der Waals surface area (Å²) < 4.78 is 0. The molecule has 0 aliphatic carbocycles. The molecule has 0 bridgehead atoms. The van der Waals surface area contributed by atoms with Gasteiger partial charge in [-0.05, 0) is 64.9 Å². The van der Waals surface area contributed by atoms with E-state index in [1.165, 1.54) is 6.07 Å². The van der Waals surface area contributed by atoms with Crippen molar-refractivity contribution in [2.75, 3.05) is 0 Å². The van der Waals surface area contributed by atoms with Crippen LogP contribution in [0.15, 0.2) is 54.6 Å². The maximum absolute atomic E-state index is 10.2. The Bertz CT molecular complexity index is 939. The first-order valence-corrected chi connectivity index (χ1v) is 10.1. The first-order chi connectivity index (χ1) is 13.9. The number of aromatic hydroxyl groups is 4. The van der Waals surface area contributed by atoms with Crippen LogP contribution in [0.3, 0.4) is 0 Å². The standard InChI is InChI=1S/C25H28O4/c1-3-5-16-13-18(7-10-21(16)26)25(20-9-12-23(28)24(29)15-20)19-8-11-22(27)17(14-19)6-4-2/h7-15,25-29H,3-6H2,1-2H3. The zero-order valence-corrected chi connectivity index (χ0v) is 16.9. The molecule has 4 N–H and O–H groups in total. The van der Waals surface area contributed by atoms with Crippen molar-refractivity contribution < 1.29 is 20.4 Å². The number of phenolic OH excluding ortho intramolecular Hbond substituents is 4. The van der Waals surface area contributed by atoms with E-state index >= 15 is 0 Å². The molecule has 3 aromatic carbocycles. The van der Waals surface area contributed by atoms with Crippen molar-refractivity contribution in [3.63, 3.8) is 0 Å². The van der Waals surface area contributed by atoms with Gasteiger partial charge in [-0.25, -0.2) is 0 Å². The fraction of sp³-hybridized carbons (Fsp3) is 0.280. The van der Waals surface area contributed by atoms with E-state index in [1.54, 1.807) is 24.3 Å². The van der Waals surface area contributed by atoms with Crippen LogP contribution in [-0.4, -0.2) is 20.4 Å². The van der Waals surface area contributed by atoms with Gasteiger partial charge in [0.05, 0.1) is 0 Å². The van der Waals surface area contributed by atoms with E-state index in [0.29, 0.717) is 0 Å². The van der Waals surface area contributed by atoms with Gasteiger partial charge < -0.3 is 20.4 Å². The molecule has 0 aromatic heterocycles. The van der Waals surface area contributed by atoms with Crippen LogP contribution in [0.25, 0.3) is 0 Å². The topological polar surface area (TPSA) is 80.9 Å². The van der Waals surface area contributed by atoms with Gasteiger partial charge >= 0.3 is 0 Å². The maximum Gasteiger partial charge on any atom is 0.157 e. The highest BCUT2D eigenvalue weighted by atomic mass is 16.3. The molecule has 0 spiro atoms. The first-order valence-electron chi connectivity index (χ1n) is 10.1. The molecule has 0 radical (unpaired) electrons. The van der Waals surface area contributed by atoms with Crippen molar-refractivity contribution in [3.8, 4) is 23.0 Å². The number of hydrogen-bond acceptors (Lipinski definition) is 4. The molecule has 0 aliphatic heterocycles. The van der Waals surface area contributed by atoms with E-state index in [0.717, 1.165) is 53.5 Å². The minimum atomic E-state index is -0.214. The van der Waals surface area contributed by atoms with Crippen molar-refractivity contribution in [1.82, 2.24) is 0 Å². The summed E-state index contributed by atoms with van der Waals surface area (Å²) in [5, 5.41) is 40.3. The lowest BCUT2D eigenvalue weighted by molar-refractivity contribution is 0.403. The lowest BCUT2D eigenvalue weighted by atomic mass is 9.83. The monoisotopic (exact) mass is 392 g/mol. The minimum absolute atomic E-state index is 0.165. The molecule has 152 valence electrons. The smallest absolute Gasteiger partial charge is 0.157 e. The SMILES string of the molecule is CCCc1cc(C(c2ccc(O)c(O)c2)c2ccc(O)c(CCC)c2)ccc1O. The number of rotatable bonds is 7. The van der Waals surface area contributed by atoms with Crippen LogP contribution >= 0.6 is 0 Å². The predicted octanol–water partition coefficient (Wildman–Crippen LogP) is 5.59. The summed E-state index contributed by atoms with van der Waals surface area (Å²) in [4.78, 5) is 0. The number of benzene rings is 3. The van der Waals surface area contributed by atoms with E-state index in [4.69, 9.17) is 0 Å². The minimum Gasteiger partial charge on any atom is -0.508 e. The molecule has 0 fully saturated rings. The Kier molecular flexibility index (Phi) is 6.32. The van der Waals surface area contributed by atoms with Crippen molar-refractivity contribution in [2.45, 2.75) is 45.4 Å². The van der Waals surface area contributed by atoms with Gasteiger partial charge in [0, 0.05) is 5.92 Å². The van der Waals surface area contributed by atoms with Crippen LogP contribution in [0, 0.1) is 0 Å². The highest BCUT2D eigenvalue weighted by Gasteiger charge is 2.20. The van der Waals surface area contributed by atoms with Gasteiger partial charge in [0.15, 0.2) is 11.5 Å². The number of phenols is 4. The normalized spacial score (nSPS) is 11.1. The van der Waals surface area contributed by atoms with Gasteiger partial charge in [-0.1, -0.05) is 57.0 Å². The van der Waals surface area contributed by atoms with E-state index in [1.807, 2.05) is 24.3 Å². The summed E-state index contributed by atoms with van der Waals surface area (Å²) in [6.07, 6.45) is 3.37. The van der Waals surface area contributed by atoms with E-state index < -0.39 is 0 Å². The average Bonchev–Trinajstić information content (AvgIpc) is 2.70. The lowest BCUT2D eigenvalue weighted by Crippen LogP contribution is -2.05. The fourth-order valence-electron chi connectivity index (χ4n) is 3.81. The molecular weight excluding hydrogens is 364 g/mol. The molecule has 3 aromatic rings. The van der Waals surface area contributed by atoms with Crippen molar-refractivity contribution in [2.24, 2.45) is 0 Å². The van der Waals surface area contributed by atoms with Gasteiger partial charge in [0.1, 0.15) is 11.5 Å². The Labute approximate surface area is 171 Å². The van der Waals surface area contributed by atoms with Crippen LogP contribution in [0.4, 0.5) is 0 Å². The van der Waals surface area contributed by atoms with E-state index in [2.05, 4.69) is 13.8 Å². The Hall–Kier alpha value is -3.14. The van der Waals surface area contributed by atoms with E-state index in [9.17, 15) is 20.4 Å². The Morgan fingerprint density at radius 2 is 0.966 bits per heavy atom. The maximum atomic E-state index is 10.2. The third-order valence-corrected chi connectivity index (χ3v) is 5.25. The van der Waals surface area contributed by atoms with Crippen LogP contribution in [0.2, 0.25) is 0 Å². The molecule has 0 heterocycles. The largest absolute Gasteiger partial charge is 0.508 e. The molecule has 0 saturated carbocycles. The first kappa shape index (κ1) is 20.6. The van der Waals surface area contributed by atoms with Gasteiger partial charge in [-0.2, -0.15) is 0 Å². The number of hydrogen-bond donors (Lipinski definition) is 4.